The van der Waals surface area contributed by atoms with E-state index in [1.807, 2.05) is 0 Å². The number of ketones is 2. The van der Waals surface area contributed by atoms with E-state index in [-0.39, 0.29) is 22.7 Å². The molecule has 0 spiro atoms. The molecule has 0 saturated heterocycles. The molecule has 0 amide bonds. The van der Waals surface area contributed by atoms with Gasteiger partial charge in [-0.15, -0.1) is 10.1 Å². The highest BCUT2D eigenvalue weighted by Gasteiger charge is 2.36. The maximum absolute atomic E-state index is 12.6. The zero-order valence-electron chi connectivity index (χ0n) is 14.1. The zero-order valence-corrected chi connectivity index (χ0v) is 14.1. The fourth-order valence-corrected chi connectivity index (χ4v) is 3.03. The molecule has 0 bridgehead atoms. The topological polar surface area (TPSA) is 124 Å². The number of rotatable bonds is 8. The van der Waals surface area contributed by atoms with Crippen molar-refractivity contribution in [3.63, 3.8) is 0 Å². The molecular weight excluding hydrogens is 318 g/mol. The number of carboxylic acid groups (broad SMARTS) is 1. The SMILES string of the molecule is CCC(C1=C(C)C(=O)C(C)=C(C)C1=O)C(CO[N+](=O)[O-])CC(=O)O. The molecule has 0 aromatic heterocycles. The van der Waals surface area contributed by atoms with Crippen molar-refractivity contribution in [1.82, 2.24) is 0 Å². The average Bonchev–Trinajstić information content (AvgIpc) is 2.51. The third-order valence-electron chi connectivity index (χ3n) is 4.44. The van der Waals surface area contributed by atoms with Crippen molar-refractivity contribution in [3.8, 4) is 0 Å². The van der Waals surface area contributed by atoms with Crippen molar-refractivity contribution >= 4 is 17.5 Å². The Kier molecular flexibility index (Phi) is 6.39. The van der Waals surface area contributed by atoms with Crippen LogP contribution in [0, 0.1) is 22.0 Å². The molecule has 24 heavy (non-hydrogen) atoms. The molecular formula is C16H21NO7. The molecule has 1 rings (SSSR count). The molecule has 0 radical (unpaired) electrons. The minimum absolute atomic E-state index is 0.240. The van der Waals surface area contributed by atoms with E-state index in [4.69, 9.17) is 5.11 Å². The lowest BCUT2D eigenvalue weighted by molar-refractivity contribution is -0.759. The van der Waals surface area contributed by atoms with Gasteiger partial charge < -0.3 is 9.94 Å². The predicted molar refractivity (Wildman–Crippen MR) is 83.6 cm³/mol. The molecule has 0 aromatic rings. The summed E-state index contributed by atoms with van der Waals surface area (Å²) in [5, 5.41) is 18.5. The van der Waals surface area contributed by atoms with Crippen molar-refractivity contribution in [2.45, 2.75) is 40.5 Å². The second kappa shape index (κ2) is 7.85. The first kappa shape index (κ1) is 19.5. The molecule has 0 saturated carbocycles. The lowest BCUT2D eigenvalue weighted by Gasteiger charge is -2.30. The number of hydrogen-bond acceptors (Lipinski definition) is 6. The van der Waals surface area contributed by atoms with E-state index in [2.05, 4.69) is 4.84 Å². The smallest absolute Gasteiger partial charge is 0.303 e. The molecule has 2 unspecified atom stereocenters. The number of carbonyl (C=O) groups is 3. The summed E-state index contributed by atoms with van der Waals surface area (Å²) in [6.07, 6.45) is -0.0383. The first-order valence-corrected chi connectivity index (χ1v) is 7.58. The number of nitrogens with zero attached hydrogens (tertiary/aromatic N) is 1. The van der Waals surface area contributed by atoms with Gasteiger partial charge in [0.2, 0.25) is 0 Å². The van der Waals surface area contributed by atoms with Crippen molar-refractivity contribution in [3.05, 3.63) is 32.4 Å². The van der Waals surface area contributed by atoms with E-state index < -0.39 is 35.9 Å². The van der Waals surface area contributed by atoms with Gasteiger partial charge in [0.25, 0.3) is 5.09 Å². The molecule has 8 heteroatoms. The van der Waals surface area contributed by atoms with Gasteiger partial charge in [-0.25, -0.2) is 0 Å². The lowest BCUT2D eigenvalue weighted by Crippen LogP contribution is -2.32. The predicted octanol–water partition coefficient (Wildman–Crippen LogP) is 2.12. The van der Waals surface area contributed by atoms with Gasteiger partial charge >= 0.3 is 5.97 Å². The molecule has 8 nitrogen and oxygen atoms in total. The molecule has 0 fully saturated rings. The number of aliphatic carboxylic acids is 1. The summed E-state index contributed by atoms with van der Waals surface area (Å²) >= 11 is 0. The molecule has 1 aliphatic carbocycles. The number of carboxylic acids is 1. The Morgan fingerprint density at radius 2 is 1.71 bits per heavy atom. The highest BCUT2D eigenvalue weighted by atomic mass is 16.9. The van der Waals surface area contributed by atoms with Gasteiger partial charge in [-0.3, -0.25) is 14.4 Å². The van der Waals surface area contributed by atoms with Crippen LogP contribution < -0.4 is 0 Å². The standard InChI is InChI=1S/C16H21NO7/c1-5-12(11(6-13(18)19)7-24-17(22)23)14-10(4)15(20)8(2)9(3)16(14)21/h11-12H,5-7H2,1-4H3,(H,18,19). The Morgan fingerprint density at radius 3 is 2.17 bits per heavy atom. The normalized spacial score (nSPS) is 17.8. The summed E-state index contributed by atoms with van der Waals surface area (Å²) in [6, 6.07) is 0. The quantitative estimate of drug-likeness (QED) is 0.408. The van der Waals surface area contributed by atoms with Gasteiger partial charge in [0.1, 0.15) is 6.61 Å². The second-order valence-corrected chi connectivity index (χ2v) is 5.84. The molecule has 0 aromatic carbocycles. The summed E-state index contributed by atoms with van der Waals surface area (Å²) in [5.74, 6) is -3.12. The fourth-order valence-electron chi connectivity index (χ4n) is 3.03. The van der Waals surface area contributed by atoms with Gasteiger partial charge in [-0.05, 0) is 39.0 Å². The number of hydrogen-bond donors (Lipinski definition) is 1. The van der Waals surface area contributed by atoms with Crippen LogP contribution in [0.5, 0.6) is 0 Å². The van der Waals surface area contributed by atoms with Crippen LogP contribution in [0.1, 0.15) is 40.5 Å². The monoisotopic (exact) mass is 339 g/mol. The molecule has 1 N–H and O–H groups in total. The van der Waals surface area contributed by atoms with E-state index in [0.717, 1.165) is 0 Å². The lowest BCUT2D eigenvalue weighted by atomic mass is 9.73. The molecule has 132 valence electrons. The summed E-state index contributed by atoms with van der Waals surface area (Å²) < 4.78 is 0. The van der Waals surface area contributed by atoms with Crippen LogP contribution in [0.3, 0.4) is 0 Å². The average molecular weight is 339 g/mol. The Hall–Kier alpha value is -2.51. The first-order chi connectivity index (χ1) is 11.1. The van der Waals surface area contributed by atoms with Crippen LogP contribution in [-0.2, 0) is 19.2 Å². The third kappa shape index (κ3) is 4.06. The van der Waals surface area contributed by atoms with E-state index in [1.54, 1.807) is 20.8 Å². The minimum atomic E-state index is -1.15. The maximum atomic E-state index is 12.6. The van der Waals surface area contributed by atoms with Gasteiger partial charge in [0.05, 0.1) is 6.42 Å². The minimum Gasteiger partial charge on any atom is -0.481 e. The summed E-state index contributed by atoms with van der Waals surface area (Å²) in [4.78, 5) is 50.8. The Balaban J connectivity index is 3.28. The first-order valence-electron chi connectivity index (χ1n) is 7.58. The Morgan fingerprint density at radius 1 is 1.17 bits per heavy atom. The van der Waals surface area contributed by atoms with Crippen molar-refractivity contribution in [2.75, 3.05) is 6.61 Å². The molecule has 0 aliphatic heterocycles. The number of Topliss-reactive ketones (excluding diaryl/α,β-unsaturated/α-hetero) is 2. The largest absolute Gasteiger partial charge is 0.481 e. The fraction of sp³-hybridized carbons (Fsp3) is 0.562. The van der Waals surface area contributed by atoms with Crippen LogP contribution in [0.2, 0.25) is 0 Å². The van der Waals surface area contributed by atoms with Crippen LogP contribution in [0.25, 0.3) is 0 Å². The molecule has 1 aliphatic rings. The van der Waals surface area contributed by atoms with Gasteiger partial charge in [0, 0.05) is 22.3 Å². The zero-order chi connectivity index (χ0) is 18.6. The number of carbonyl (C=O) groups excluding carboxylic acids is 2. The Bertz CT molecular complexity index is 645. The summed E-state index contributed by atoms with van der Waals surface area (Å²) in [6.45, 7) is 5.94. The summed E-state index contributed by atoms with van der Waals surface area (Å²) in [7, 11) is 0. The van der Waals surface area contributed by atoms with Gasteiger partial charge in [-0.1, -0.05) is 6.92 Å². The van der Waals surface area contributed by atoms with Crippen molar-refractivity contribution in [1.29, 1.82) is 0 Å². The second-order valence-electron chi connectivity index (χ2n) is 5.84. The highest BCUT2D eigenvalue weighted by Crippen LogP contribution is 2.35. The van der Waals surface area contributed by atoms with Crippen LogP contribution in [-0.4, -0.2) is 34.3 Å². The van der Waals surface area contributed by atoms with Crippen LogP contribution >= 0.6 is 0 Å². The van der Waals surface area contributed by atoms with E-state index in [1.165, 1.54) is 6.92 Å². The van der Waals surface area contributed by atoms with Gasteiger partial charge in [0.15, 0.2) is 11.6 Å². The molecule has 2 atom stereocenters. The van der Waals surface area contributed by atoms with Crippen molar-refractivity contribution < 1.29 is 29.4 Å². The molecule has 0 heterocycles. The van der Waals surface area contributed by atoms with Crippen molar-refractivity contribution in [2.24, 2.45) is 11.8 Å². The third-order valence-corrected chi connectivity index (χ3v) is 4.44. The van der Waals surface area contributed by atoms with Crippen LogP contribution in [0.15, 0.2) is 22.3 Å². The number of allylic oxidation sites excluding steroid dienone is 4. The van der Waals surface area contributed by atoms with E-state index in [9.17, 15) is 24.5 Å². The highest BCUT2D eigenvalue weighted by molar-refractivity contribution is 6.24. The maximum Gasteiger partial charge on any atom is 0.303 e. The van der Waals surface area contributed by atoms with E-state index in [0.29, 0.717) is 17.6 Å². The Labute approximate surface area is 139 Å². The van der Waals surface area contributed by atoms with E-state index >= 15 is 0 Å². The summed E-state index contributed by atoms with van der Waals surface area (Å²) in [5.41, 5.74) is 1.20. The van der Waals surface area contributed by atoms with Crippen LogP contribution in [0.4, 0.5) is 0 Å². The van der Waals surface area contributed by atoms with Gasteiger partial charge in [-0.2, -0.15) is 0 Å².